The highest BCUT2D eigenvalue weighted by Crippen LogP contribution is 2.64. The number of nitrogens with one attached hydrogen (secondary N) is 1. The number of nitrogens with zero attached hydrogens (tertiary/aromatic N) is 3. The van der Waals surface area contributed by atoms with Crippen LogP contribution in [0.2, 0.25) is 10.0 Å². The number of rotatable bonds is 8. The number of likely N-dealkylation sites (tertiary alicyclic amines) is 1. The van der Waals surface area contributed by atoms with Gasteiger partial charge in [-0.25, -0.2) is 9.37 Å². The molecule has 0 unspecified atom stereocenters. The van der Waals surface area contributed by atoms with Crippen molar-refractivity contribution in [2.75, 3.05) is 25.1 Å². The van der Waals surface area contributed by atoms with Crippen molar-refractivity contribution >= 4 is 51.6 Å². The van der Waals surface area contributed by atoms with Crippen molar-refractivity contribution in [3.63, 3.8) is 0 Å². The molecule has 3 N–H and O–H groups in total. The fourth-order valence-corrected chi connectivity index (χ4v) is 8.69. The highest BCUT2D eigenvalue weighted by atomic mass is 35.5. The summed E-state index contributed by atoms with van der Waals surface area (Å²) in [4.78, 5) is 35.1. The first-order valence-electron chi connectivity index (χ1n) is 15.8. The molecule has 2 fully saturated rings. The molecule has 4 atom stereocenters. The lowest BCUT2D eigenvalue weighted by atomic mass is 9.70. The van der Waals surface area contributed by atoms with Crippen LogP contribution in [0.4, 0.5) is 10.1 Å². The van der Waals surface area contributed by atoms with Crippen LogP contribution in [-0.4, -0.2) is 62.2 Å². The number of hydrogen-bond donors (Lipinski definition) is 3. The molecule has 1 saturated carbocycles. The molecule has 1 saturated heterocycles. The summed E-state index contributed by atoms with van der Waals surface area (Å²) >= 11 is 12.8. The van der Waals surface area contributed by atoms with Crippen molar-refractivity contribution in [1.82, 2.24) is 14.5 Å². The Labute approximate surface area is 282 Å². The molecule has 3 aliphatic heterocycles. The Balaban J connectivity index is 0.00000351. The maximum atomic E-state index is 16.3. The fraction of sp³-hybridized carbons (Fsp3) is 0.417. The van der Waals surface area contributed by atoms with Crippen LogP contribution >= 0.6 is 23.2 Å². The molecular formula is C36H37Cl2FN4O4. The summed E-state index contributed by atoms with van der Waals surface area (Å²) in [6.45, 7) is 0.783. The van der Waals surface area contributed by atoms with E-state index in [0.29, 0.717) is 46.4 Å². The van der Waals surface area contributed by atoms with Crippen molar-refractivity contribution in [2.45, 2.75) is 63.1 Å². The molecule has 4 heterocycles. The van der Waals surface area contributed by atoms with Crippen LogP contribution < -0.4 is 5.32 Å². The van der Waals surface area contributed by atoms with Gasteiger partial charge in [-0.15, -0.1) is 0 Å². The van der Waals surface area contributed by atoms with Gasteiger partial charge in [-0.3, -0.25) is 14.5 Å². The number of Topliss-reactive ketones (excluding diaryl/α,β-unsaturated/α-hetero) is 1. The zero-order valence-corrected chi connectivity index (χ0v) is 26.4. The summed E-state index contributed by atoms with van der Waals surface area (Å²) in [5.74, 6) is -1.31. The molecule has 1 aromatic heterocycles. The lowest BCUT2D eigenvalue weighted by Gasteiger charge is -2.40. The quantitative estimate of drug-likeness (QED) is 0.184. The summed E-state index contributed by atoms with van der Waals surface area (Å²) in [6, 6.07) is 15.7. The Morgan fingerprint density at radius 2 is 1.87 bits per heavy atom. The van der Waals surface area contributed by atoms with Gasteiger partial charge in [0.05, 0.1) is 16.1 Å². The number of imidazole rings is 1. The standard InChI is InChI=1S/C35H33Cl2FN4O4.CH4/c36-21-7-8-23-25(14-21)40-34(46)35(23)31(22-2-1-3-24(37)32(22)38)30-28(42(35)15-18-4-5-18)10-11-41-27-9-6-20(13-26(27)39-33(30)41)29(45)12-19(16-43)17-44;/h1-3,6-9,13-14,18-19,28,30-31,43-44H,4-5,10-12,15-17H2,(H,40,46);1H4/t28-,30+,31-,35+;/m0./s1. The average molecular weight is 680 g/mol. The van der Waals surface area contributed by atoms with E-state index in [-0.39, 0.29) is 55.7 Å². The van der Waals surface area contributed by atoms with Crippen LogP contribution in [0.25, 0.3) is 11.0 Å². The zero-order chi connectivity index (χ0) is 31.9. The smallest absolute Gasteiger partial charge is 0.250 e. The minimum Gasteiger partial charge on any atom is -0.396 e. The molecule has 3 aromatic carbocycles. The van der Waals surface area contributed by atoms with Gasteiger partial charge in [0.25, 0.3) is 0 Å². The number of hydrogen-bond acceptors (Lipinski definition) is 6. The summed E-state index contributed by atoms with van der Waals surface area (Å²) in [6.07, 6.45) is 2.90. The largest absolute Gasteiger partial charge is 0.396 e. The zero-order valence-electron chi connectivity index (χ0n) is 24.9. The monoisotopic (exact) mass is 678 g/mol. The Hall–Kier alpha value is -3.34. The second-order valence-electron chi connectivity index (χ2n) is 13.2. The third-order valence-corrected chi connectivity index (χ3v) is 11.1. The number of aliphatic hydroxyl groups is 2. The van der Waals surface area contributed by atoms with E-state index in [1.165, 1.54) is 6.07 Å². The number of aryl methyl sites for hydroxylation is 1. The predicted octanol–water partition coefficient (Wildman–Crippen LogP) is 6.50. The van der Waals surface area contributed by atoms with Crippen LogP contribution in [-0.2, 0) is 16.9 Å². The second-order valence-corrected chi connectivity index (χ2v) is 14.0. The van der Waals surface area contributed by atoms with Gasteiger partial charge >= 0.3 is 0 Å². The van der Waals surface area contributed by atoms with Crippen molar-refractivity contribution in [1.29, 1.82) is 0 Å². The number of ketones is 1. The van der Waals surface area contributed by atoms with Crippen LogP contribution in [0.5, 0.6) is 0 Å². The van der Waals surface area contributed by atoms with E-state index < -0.39 is 23.2 Å². The van der Waals surface area contributed by atoms with Crippen LogP contribution in [0, 0.1) is 17.7 Å². The molecule has 8 rings (SSSR count). The van der Waals surface area contributed by atoms with Crippen LogP contribution in [0.3, 0.4) is 0 Å². The molecule has 11 heteroatoms. The number of anilines is 1. The summed E-state index contributed by atoms with van der Waals surface area (Å²) < 4.78 is 18.4. The average Bonchev–Trinajstić information content (AvgIpc) is 3.64. The van der Waals surface area contributed by atoms with Gasteiger partial charge in [0, 0.05) is 78.4 Å². The molecule has 0 radical (unpaired) electrons. The fourth-order valence-electron chi connectivity index (χ4n) is 8.34. The minimum absolute atomic E-state index is 0. The lowest BCUT2D eigenvalue weighted by Crippen LogP contribution is -2.53. The van der Waals surface area contributed by atoms with Gasteiger partial charge in [0.2, 0.25) is 5.91 Å². The number of aromatic nitrogens is 2. The Bertz CT molecular complexity index is 1910. The molecule has 8 nitrogen and oxygen atoms in total. The number of amides is 1. The first kappa shape index (κ1) is 32.2. The van der Waals surface area contributed by atoms with E-state index in [9.17, 15) is 19.8 Å². The SMILES string of the molecule is C.O=C(CC(CO)CO)c1ccc2c(c1)nc1n2CC[C@H]2[C@@H]1[C@H](c1cccc(Cl)c1F)[C@]1(C(=O)Nc3cc(Cl)ccc31)N2CC1CC1. The first-order chi connectivity index (χ1) is 22.3. The number of carbonyl (C=O) groups excluding carboxylic acids is 2. The molecule has 1 spiro atoms. The molecule has 4 aliphatic rings. The molecule has 47 heavy (non-hydrogen) atoms. The van der Waals surface area contributed by atoms with Crippen LogP contribution in [0.1, 0.15) is 72.3 Å². The maximum Gasteiger partial charge on any atom is 0.250 e. The van der Waals surface area contributed by atoms with E-state index in [0.717, 1.165) is 36.2 Å². The molecule has 0 bridgehead atoms. The first-order valence-corrected chi connectivity index (χ1v) is 16.6. The summed E-state index contributed by atoms with van der Waals surface area (Å²) in [5, 5.41) is 22.6. The van der Waals surface area contributed by atoms with E-state index in [2.05, 4.69) is 14.8 Å². The normalized spacial score (nSPS) is 24.7. The molecule has 1 amide bonds. The van der Waals surface area contributed by atoms with E-state index >= 15 is 4.39 Å². The van der Waals surface area contributed by atoms with Crippen molar-refractivity contribution in [2.24, 2.45) is 11.8 Å². The second kappa shape index (κ2) is 12.0. The predicted molar refractivity (Wildman–Crippen MR) is 180 cm³/mol. The Kier molecular flexibility index (Phi) is 8.20. The Morgan fingerprint density at radius 3 is 2.62 bits per heavy atom. The number of aliphatic hydroxyl groups excluding tert-OH is 2. The number of halogens is 3. The lowest BCUT2D eigenvalue weighted by molar-refractivity contribution is -0.128. The van der Waals surface area contributed by atoms with Crippen molar-refractivity contribution in [3.05, 3.63) is 93.0 Å². The number of benzene rings is 3. The molecule has 1 aliphatic carbocycles. The van der Waals surface area contributed by atoms with Gasteiger partial charge in [-0.1, -0.05) is 48.8 Å². The van der Waals surface area contributed by atoms with Gasteiger partial charge in [-0.2, -0.15) is 0 Å². The summed E-state index contributed by atoms with van der Waals surface area (Å²) in [7, 11) is 0. The molecular weight excluding hydrogens is 642 g/mol. The van der Waals surface area contributed by atoms with Gasteiger partial charge < -0.3 is 20.1 Å². The summed E-state index contributed by atoms with van der Waals surface area (Å²) in [5.41, 5.74) is 2.49. The number of fused-ring (bicyclic) bond motifs is 7. The van der Waals surface area contributed by atoms with Gasteiger partial charge in [-0.05, 0) is 67.1 Å². The molecule has 4 aromatic rings. The maximum absolute atomic E-state index is 16.3. The topological polar surface area (TPSA) is 108 Å². The van der Waals surface area contributed by atoms with Crippen molar-refractivity contribution < 1.29 is 24.2 Å². The highest BCUT2D eigenvalue weighted by molar-refractivity contribution is 6.31. The van der Waals surface area contributed by atoms with Gasteiger partial charge in [0.15, 0.2) is 5.78 Å². The molecule has 246 valence electrons. The van der Waals surface area contributed by atoms with E-state index in [1.807, 2.05) is 12.1 Å². The highest BCUT2D eigenvalue weighted by Gasteiger charge is 2.69. The van der Waals surface area contributed by atoms with Crippen LogP contribution in [0.15, 0.2) is 54.6 Å². The van der Waals surface area contributed by atoms with Gasteiger partial charge in [0.1, 0.15) is 17.2 Å². The number of carbonyl (C=O) groups is 2. The van der Waals surface area contributed by atoms with E-state index in [4.69, 9.17) is 28.2 Å². The third-order valence-electron chi connectivity index (χ3n) is 10.6. The third kappa shape index (κ3) is 4.84. The van der Waals surface area contributed by atoms with Crippen molar-refractivity contribution in [3.8, 4) is 0 Å². The minimum atomic E-state index is -1.22. The Morgan fingerprint density at radius 1 is 1.09 bits per heavy atom. The van der Waals surface area contributed by atoms with E-state index in [1.54, 1.807) is 36.4 Å².